The molecule has 20 heavy (non-hydrogen) atoms. The van der Waals surface area contributed by atoms with E-state index in [2.05, 4.69) is 31.9 Å². The van der Waals surface area contributed by atoms with Gasteiger partial charge < -0.3 is 5.11 Å². The molecule has 2 aromatic rings. The lowest BCUT2D eigenvalue weighted by Crippen LogP contribution is -2.13. The van der Waals surface area contributed by atoms with Gasteiger partial charge in [0.1, 0.15) is 5.82 Å². The van der Waals surface area contributed by atoms with Crippen LogP contribution >= 0.6 is 31.9 Å². The van der Waals surface area contributed by atoms with E-state index in [9.17, 15) is 9.50 Å². The molecule has 1 unspecified atom stereocenters. The Kier molecular flexibility index (Phi) is 5.75. The highest BCUT2D eigenvalue weighted by Crippen LogP contribution is 2.25. The molecule has 0 saturated heterocycles. The monoisotopic (exact) mass is 400 g/mol. The fourth-order valence-electron chi connectivity index (χ4n) is 2.17. The summed E-state index contributed by atoms with van der Waals surface area (Å²) in [5.74, 6) is -0.151. The van der Waals surface area contributed by atoms with E-state index in [0.717, 1.165) is 20.9 Å². The van der Waals surface area contributed by atoms with Crippen LogP contribution in [0, 0.1) is 11.7 Å². The van der Waals surface area contributed by atoms with Gasteiger partial charge in [-0.2, -0.15) is 0 Å². The normalized spacial score (nSPS) is 12.4. The first-order chi connectivity index (χ1) is 9.60. The molecule has 4 heteroatoms. The highest BCUT2D eigenvalue weighted by molar-refractivity contribution is 9.10. The number of aliphatic hydroxyl groups is 1. The van der Waals surface area contributed by atoms with Gasteiger partial charge in [-0.25, -0.2) is 4.39 Å². The molecule has 0 aliphatic heterocycles. The maximum atomic E-state index is 13.1. The number of halogens is 3. The van der Waals surface area contributed by atoms with Crippen molar-refractivity contribution in [3.8, 4) is 0 Å². The summed E-state index contributed by atoms with van der Waals surface area (Å²) in [4.78, 5) is 0. The van der Waals surface area contributed by atoms with Gasteiger partial charge >= 0.3 is 0 Å². The van der Waals surface area contributed by atoms with Gasteiger partial charge in [-0.15, -0.1) is 0 Å². The third-order valence-electron chi connectivity index (χ3n) is 3.25. The Labute approximate surface area is 135 Å². The lowest BCUT2D eigenvalue weighted by Gasteiger charge is -2.16. The average molecular weight is 402 g/mol. The molecule has 0 spiro atoms. The van der Waals surface area contributed by atoms with E-state index >= 15 is 0 Å². The van der Waals surface area contributed by atoms with Crippen molar-refractivity contribution in [2.75, 3.05) is 6.61 Å². The summed E-state index contributed by atoms with van der Waals surface area (Å²) in [6.45, 7) is 0.102. The molecule has 106 valence electrons. The molecule has 2 rings (SSSR count). The quantitative estimate of drug-likeness (QED) is 0.766. The molecule has 0 aliphatic rings. The van der Waals surface area contributed by atoms with Crippen molar-refractivity contribution in [2.45, 2.75) is 12.8 Å². The molecule has 0 aromatic heterocycles. The molecule has 2 aromatic carbocycles. The van der Waals surface area contributed by atoms with Crippen LogP contribution in [-0.2, 0) is 12.8 Å². The molecule has 0 bridgehead atoms. The standard InChI is InChI=1S/C16H15Br2FO/c17-15-4-2-1-3-12(15)7-11(10-20)8-13-5-6-14(19)9-16(13)18/h1-6,9,11,20H,7-8,10H2. The second kappa shape index (κ2) is 7.34. The van der Waals surface area contributed by atoms with E-state index < -0.39 is 0 Å². The van der Waals surface area contributed by atoms with Gasteiger partial charge in [0.25, 0.3) is 0 Å². The third-order valence-corrected chi connectivity index (χ3v) is 4.76. The van der Waals surface area contributed by atoms with Crippen LogP contribution in [0.4, 0.5) is 4.39 Å². The summed E-state index contributed by atoms with van der Waals surface area (Å²) in [5.41, 5.74) is 2.18. The van der Waals surface area contributed by atoms with Crippen LogP contribution in [0.2, 0.25) is 0 Å². The highest BCUT2D eigenvalue weighted by atomic mass is 79.9. The van der Waals surface area contributed by atoms with Crippen molar-refractivity contribution in [3.05, 3.63) is 68.4 Å². The summed E-state index contributed by atoms with van der Waals surface area (Å²) in [6.07, 6.45) is 1.49. The third kappa shape index (κ3) is 4.14. The fraction of sp³-hybridized carbons (Fsp3) is 0.250. The summed E-state index contributed by atoms with van der Waals surface area (Å²) in [6, 6.07) is 12.7. The molecule has 0 amide bonds. The molecule has 1 N–H and O–H groups in total. The zero-order valence-corrected chi connectivity index (χ0v) is 14.0. The van der Waals surface area contributed by atoms with Crippen LogP contribution in [0.5, 0.6) is 0 Å². The van der Waals surface area contributed by atoms with E-state index in [1.807, 2.05) is 24.3 Å². The Morgan fingerprint density at radius 2 is 1.60 bits per heavy atom. The molecule has 0 fully saturated rings. The van der Waals surface area contributed by atoms with E-state index in [0.29, 0.717) is 6.42 Å². The first kappa shape index (κ1) is 15.7. The second-order valence-corrected chi connectivity index (χ2v) is 6.49. The second-order valence-electron chi connectivity index (χ2n) is 4.78. The number of benzene rings is 2. The minimum absolute atomic E-state index is 0.102. The van der Waals surface area contributed by atoms with Gasteiger partial charge in [0, 0.05) is 15.6 Å². The van der Waals surface area contributed by atoms with Crippen LogP contribution in [0.15, 0.2) is 51.4 Å². The Morgan fingerprint density at radius 3 is 2.20 bits per heavy atom. The largest absolute Gasteiger partial charge is 0.396 e. The van der Waals surface area contributed by atoms with Gasteiger partial charge in [-0.3, -0.25) is 0 Å². The number of aliphatic hydroxyl groups excluding tert-OH is 1. The van der Waals surface area contributed by atoms with Crippen molar-refractivity contribution in [1.82, 2.24) is 0 Å². The van der Waals surface area contributed by atoms with Crippen molar-refractivity contribution in [3.63, 3.8) is 0 Å². The Morgan fingerprint density at radius 1 is 0.950 bits per heavy atom. The van der Waals surface area contributed by atoms with Crippen LogP contribution in [0.25, 0.3) is 0 Å². The molecular formula is C16H15Br2FO. The maximum Gasteiger partial charge on any atom is 0.124 e. The highest BCUT2D eigenvalue weighted by Gasteiger charge is 2.13. The fourth-order valence-corrected chi connectivity index (χ4v) is 3.13. The topological polar surface area (TPSA) is 20.2 Å². The van der Waals surface area contributed by atoms with Crippen LogP contribution in [0.3, 0.4) is 0 Å². The first-order valence-corrected chi connectivity index (χ1v) is 7.97. The lowest BCUT2D eigenvalue weighted by molar-refractivity contribution is 0.224. The lowest BCUT2D eigenvalue weighted by atomic mass is 9.93. The SMILES string of the molecule is OCC(Cc1ccccc1Br)Cc1ccc(F)cc1Br. The van der Waals surface area contributed by atoms with Crippen molar-refractivity contribution in [1.29, 1.82) is 0 Å². The summed E-state index contributed by atoms with van der Waals surface area (Å²) < 4.78 is 14.9. The van der Waals surface area contributed by atoms with Crippen LogP contribution in [-0.4, -0.2) is 11.7 Å². The van der Waals surface area contributed by atoms with Gasteiger partial charge in [0.15, 0.2) is 0 Å². The number of hydrogen-bond acceptors (Lipinski definition) is 1. The smallest absolute Gasteiger partial charge is 0.124 e. The van der Waals surface area contributed by atoms with E-state index in [-0.39, 0.29) is 18.3 Å². The predicted octanol–water partition coefficient (Wildman–Crippen LogP) is 4.74. The van der Waals surface area contributed by atoms with E-state index in [1.165, 1.54) is 17.7 Å². The van der Waals surface area contributed by atoms with Crippen LogP contribution < -0.4 is 0 Å². The minimum Gasteiger partial charge on any atom is -0.396 e. The molecule has 0 saturated carbocycles. The minimum atomic E-state index is -0.257. The number of hydrogen-bond donors (Lipinski definition) is 1. The number of rotatable bonds is 5. The molecule has 1 atom stereocenters. The van der Waals surface area contributed by atoms with E-state index in [1.54, 1.807) is 6.07 Å². The van der Waals surface area contributed by atoms with Crippen molar-refractivity contribution < 1.29 is 9.50 Å². The molecule has 1 nitrogen and oxygen atoms in total. The van der Waals surface area contributed by atoms with E-state index in [4.69, 9.17) is 0 Å². The zero-order chi connectivity index (χ0) is 14.5. The Hall–Kier alpha value is -0.710. The summed E-state index contributed by atoms with van der Waals surface area (Å²) in [5, 5.41) is 9.58. The molecule has 0 aliphatic carbocycles. The Bertz CT molecular complexity index is 586. The summed E-state index contributed by atoms with van der Waals surface area (Å²) in [7, 11) is 0. The Balaban J connectivity index is 2.11. The first-order valence-electron chi connectivity index (χ1n) is 6.38. The van der Waals surface area contributed by atoms with Gasteiger partial charge in [-0.05, 0) is 48.1 Å². The summed E-state index contributed by atoms with van der Waals surface area (Å²) >= 11 is 6.90. The molecule has 0 radical (unpaired) electrons. The van der Waals surface area contributed by atoms with Gasteiger partial charge in [0.2, 0.25) is 0 Å². The van der Waals surface area contributed by atoms with Crippen molar-refractivity contribution in [2.24, 2.45) is 5.92 Å². The predicted molar refractivity (Wildman–Crippen MR) is 86.2 cm³/mol. The maximum absolute atomic E-state index is 13.1. The molecular weight excluding hydrogens is 387 g/mol. The molecule has 0 heterocycles. The van der Waals surface area contributed by atoms with Gasteiger partial charge in [-0.1, -0.05) is 56.1 Å². The van der Waals surface area contributed by atoms with Gasteiger partial charge in [0.05, 0.1) is 0 Å². The average Bonchev–Trinajstić information content (AvgIpc) is 2.43. The van der Waals surface area contributed by atoms with Crippen LogP contribution in [0.1, 0.15) is 11.1 Å². The van der Waals surface area contributed by atoms with Crippen molar-refractivity contribution >= 4 is 31.9 Å². The zero-order valence-electron chi connectivity index (χ0n) is 10.8.